The predicted molar refractivity (Wildman–Crippen MR) is 83.3 cm³/mol. The van der Waals surface area contributed by atoms with E-state index in [9.17, 15) is 4.79 Å². The number of hydrogen-bond donors (Lipinski definition) is 2. The van der Waals surface area contributed by atoms with Crippen LogP contribution in [0.1, 0.15) is 37.0 Å². The van der Waals surface area contributed by atoms with Crippen LogP contribution in [0.4, 0.5) is 0 Å². The van der Waals surface area contributed by atoms with Gasteiger partial charge in [0.05, 0.1) is 10.2 Å². The molecule has 1 saturated carbocycles. The van der Waals surface area contributed by atoms with Gasteiger partial charge in [-0.25, -0.2) is 0 Å². The van der Waals surface area contributed by atoms with Gasteiger partial charge < -0.3 is 11.1 Å². The third kappa shape index (κ3) is 4.58. The topological polar surface area (TPSA) is 55.1 Å². The van der Waals surface area contributed by atoms with Gasteiger partial charge in [-0.2, -0.15) is 0 Å². The van der Waals surface area contributed by atoms with Crippen molar-refractivity contribution in [3.8, 4) is 0 Å². The van der Waals surface area contributed by atoms with Crippen molar-refractivity contribution in [3.05, 3.63) is 20.8 Å². The first-order chi connectivity index (χ1) is 9.19. The molecule has 0 saturated heterocycles. The number of amides is 1. The smallest absolute Gasteiger partial charge is 0.225 e. The van der Waals surface area contributed by atoms with Crippen LogP contribution in [0.25, 0.3) is 0 Å². The third-order valence-corrected chi connectivity index (χ3v) is 5.41. The molecular weight excluding hydrogens is 324 g/mol. The number of rotatable bonds is 5. The molecule has 106 valence electrons. The van der Waals surface area contributed by atoms with Crippen LogP contribution in [0.2, 0.25) is 0 Å². The standard InChI is InChI=1S/C14H21BrN2OS/c15-13-7-6-11(19-13)8-14(18)17-12(9-16)10-4-2-1-3-5-10/h6-7,10,12H,1-5,8-9,16H2,(H,17,18). The molecule has 1 unspecified atom stereocenters. The molecule has 3 nitrogen and oxygen atoms in total. The first-order valence-electron chi connectivity index (χ1n) is 6.92. The maximum atomic E-state index is 12.1. The Morgan fingerprint density at radius 1 is 1.42 bits per heavy atom. The van der Waals surface area contributed by atoms with Crippen LogP contribution >= 0.6 is 27.3 Å². The van der Waals surface area contributed by atoms with E-state index in [1.807, 2.05) is 12.1 Å². The zero-order valence-corrected chi connectivity index (χ0v) is 13.4. The number of nitrogens with two attached hydrogens (primary N) is 1. The lowest BCUT2D eigenvalue weighted by atomic mass is 9.84. The van der Waals surface area contributed by atoms with Gasteiger partial charge in [-0.05, 0) is 46.8 Å². The molecule has 0 spiro atoms. The maximum Gasteiger partial charge on any atom is 0.225 e. The van der Waals surface area contributed by atoms with Gasteiger partial charge in [0.2, 0.25) is 5.91 Å². The van der Waals surface area contributed by atoms with Gasteiger partial charge in [0, 0.05) is 17.5 Å². The van der Waals surface area contributed by atoms with Crippen LogP contribution in [-0.2, 0) is 11.2 Å². The molecule has 3 N–H and O–H groups in total. The average Bonchev–Trinajstić information content (AvgIpc) is 2.82. The monoisotopic (exact) mass is 344 g/mol. The van der Waals surface area contributed by atoms with Crippen LogP contribution in [0.3, 0.4) is 0 Å². The molecule has 1 aliphatic carbocycles. The van der Waals surface area contributed by atoms with Crippen LogP contribution in [0, 0.1) is 5.92 Å². The number of hydrogen-bond acceptors (Lipinski definition) is 3. The molecule has 5 heteroatoms. The van der Waals surface area contributed by atoms with Crippen LogP contribution < -0.4 is 11.1 Å². The lowest BCUT2D eigenvalue weighted by Gasteiger charge is -2.30. The molecular formula is C14H21BrN2OS. The lowest BCUT2D eigenvalue weighted by Crippen LogP contribution is -2.46. The molecule has 1 aliphatic rings. The van der Waals surface area contributed by atoms with Crippen LogP contribution in [-0.4, -0.2) is 18.5 Å². The average molecular weight is 345 g/mol. The van der Waals surface area contributed by atoms with Crippen molar-refractivity contribution in [2.75, 3.05) is 6.54 Å². The van der Waals surface area contributed by atoms with Gasteiger partial charge in [-0.15, -0.1) is 11.3 Å². The minimum atomic E-state index is 0.0929. The van der Waals surface area contributed by atoms with E-state index in [1.165, 1.54) is 32.1 Å². The summed E-state index contributed by atoms with van der Waals surface area (Å²) in [6, 6.07) is 4.12. The summed E-state index contributed by atoms with van der Waals surface area (Å²) in [5.41, 5.74) is 5.83. The molecule has 1 amide bonds. The fourth-order valence-corrected chi connectivity index (χ4v) is 4.25. The van der Waals surface area contributed by atoms with Gasteiger partial charge in [0.1, 0.15) is 0 Å². The fourth-order valence-electron chi connectivity index (χ4n) is 2.77. The van der Waals surface area contributed by atoms with Gasteiger partial charge in [-0.3, -0.25) is 4.79 Å². The summed E-state index contributed by atoms with van der Waals surface area (Å²) >= 11 is 5.03. The Labute approximate surface area is 127 Å². The molecule has 0 radical (unpaired) electrons. The highest BCUT2D eigenvalue weighted by atomic mass is 79.9. The Bertz CT molecular complexity index is 415. The van der Waals surface area contributed by atoms with Crippen molar-refractivity contribution >= 4 is 33.2 Å². The van der Waals surface area contributed by atoms with E-state index < -0.39 is 0 Å². The zero-order chi connectivity index (χ0) is 13.7. The van der Waals surface area contributed by atoms with E-state index in [0.717, 1.165) is 8.66 Å². The van der Waals surface area contributed by atoms with E-state index in [0.29, 0.717) is 18.9 Å². The zero-order valence-electron chi connectivity index (χ0n) is 11.0. The van der Waals surface area contributed by atoms with Crippen LogP contribution in [0.5, 0.6) is 0 Å². The van der Waals surface area contributed by atoms with E-state index >= 15 is 0 Å². The van der Waals surface area contributed by atoms with E-state index in [2.05, 4.69) is 21.2 Å². The van der Waals surface area contributed by atoms with Crippen molar-refractivity contribution in [2.24, 2.45) is 11.7 Å². The number of carbonyl (C=O) groups is 1. The SMILES string of the molecule is NCC(NC(=O)Cc1ccc(Br)s1)C1CCCCC1. The van der Waals surface area contributed by atoms with Crippen molar-refractivity contribution in [1.82, 2.24) is 5.32 Å². The highest BCUT2D eigenvalue weighted by Crippen LogP contribution is 2.26. The molecule has 1 atom stereocenters. The van der Waals surface area contributed by atoms with Crippen molar-refractivity contribution in [2.45, 2.75) is 44.6 Å². The Hall–Kier alpha value is -0.390. The quantitative estimate of drug-likeness (QED) is 0.862. The van der Waals surface area contributed by atoms with Crippen LogP contribution in [0.15, 0.2) is 15.9 Å². The number of nitrogens with one attached hydrogen (secondary N) is 1. The molecule has 1 aromatic rings. The normalized spacial score (nSPS) is 18.2. The summed E-state index contributed by atoms with van der Waals surface area (Å²) in [5.74, 6) is 0.660. The maximum absolute atomic E-state index is 12.1. The van der Waals surface area contributed by atoms with Gasteiger partial charge in [0.25, 0.3) is 0 Å². The second-order valence-corrected chi connectivity index (χ2v) is 7.74. The lowest BCUT2D eigenvalue weighted by molar-refractivity contribution is -0.121. The van der Waals surface area contributed by atoms with Gasteiger partial charge in [0.15, 0.2) is 0 Å². The Morgan fingerprint density at radius 2 is 2.16 bits per heavy atom. The first kappa shape index (κ1) is 15.0. The minimum absolute atomic E-state index is 0.0929. The number of halogens is 1. The summed E-state index contributed by atoms with van der Waals surface area (Å²) in [6.07, 6.45) is 6.73. The largest absolute Gasteiger partial charge is 0.352 e. The molecule has 1 fully saturated rings. The summed E-state index contributed by atoms with van der Waals surface area (Å²) in [6.45, 7) is 0.546. The number of carbonyl (C=O) groups excluding carboxylic acids is 1. The highest BCUT2D eigenvalue weighted by molar-refractivity contribution is 9.11. The molecule has 0 aliphatic heterocycles. The van der Waals surface area contributed by atoms with Crippen molar-refractivity contribution in [3.63, 3.8) is 0 Å². The minimum Gasteiger partial charge on any atom is -0.352 e. The van der Waals surface area contributed by atoms with Crippen molar-refractivity contribution < 1.29 is 4.79 Å². The van der Waals surface area contributed by atoms with E-state index in [1.54, 1.807) is 11.3 Å². The predicted octanol–water partition coefficient (Wildman–Crippen LogP) is 3.08. The molecule has 1 aromatic heterocycles. The summed E-state index contributed by atoms with van der Waals surface area (Å²) in [7, 11) is 0. The fraction of sp³-hybridized carbons (Fsp3) is 0.643. The van der Waals surface area contributed by atoms with Crippen molar-refractivity contribution in [1.29, 1.82) is 0 Å². The Balaban J connectivity index is 1.85. The molecule has 2 rings (SSSR count). The van der Waals surface area contributed by atoms with Gasteiger partial charge >= 0.3 is 0 Å². The molecule has 0 bridgehead atoms. The molecule has 1 heterocycles. The third-order valence-electron chi connectivity index (χ3n) is 3.78. The van der Waals surface area contributed by atoms with Gasteiger partial charge in [-0.1, -0.05) is 19.3 Å². The Morgan fingerprint density at radius 3 is 2.74 bits per heavy atom. The second-order valence-electron chi connectivity index (χ2n) is 5.19. The second kappa shape index (κ2) is 7.41. The summed E-state index contributed by atoms with van der Waals surface area (Å²) < 4.78 is 1.07. The molecule has 0 aromatic carbocycles. The highest BCUT2D eigenvalue weighted by Gasteiger charge is 2.23. The Kier molecular flexibility index (Phi) is 5.85. The molecule has 19 heavy (non-hydrogen) atoms. The van der Waals surface area contributed by atoms with E-state index in [4.69, 9.17) is 5.73 Å². The number of thiophene rings is 1. The summed E-state index contributed by atoms with van der Waals surface area (Å²) in [4.78, 5) is 13.1. The summed E-state index contributed by atoms with van der Waals surface area (Å²) in [5, 5.41) is 3.12. The van der Waals surface area contributed by atoms with E-state index in [-0.39, 0.29) is 11.9 Å². The first-order valence-corrected chi connectivity index (χ1v) is 8.53.